The van der Waals surface area contributed by atoms with Crippen LogP contribution in [0.4, 0.5) is 4.79 Å². The molecule has 5 nitrogen and oxygen atoms in total. The number of nitrogens with one attached hydrogen (secondary N) is 1. The molecule has 0 aromatic heterocycles. The predicted octanol–water partition coefficient (Wildman–Crippen LogP) is 1.41. The number of hydrogen-bond acceptors (Lipinski definition) is 4. The Morgan fingerprint density at radius 1 is 1.35 bits per heavy atom. The Kier molecular flexibility index (Phi) is 4.77. The van der Waals surface area contributed by atoms with Crippen molar-refractivity contribution in [2.75, 3.05) is 7.11 Å². The van der Waals surface area contributed by atoms with E-state index in [0.717, 1.165) is 19.3 Å². The Balaban J connectivity index is 2.47. The lowest BCUT2D eigenvalue weighted by molar-refractivity contribution is 0.0178. The Hall–Kier alpha value is -0.810. The molecule has 1 fully saturated rings. The molecule has 0 saturated heterocycles. The van der Waals surface area contributed by atoms with E-state index in [1.807, 2.05) is 20.8 Å². The second-order valence-corrected chi connectivity index (χ2v) is 5.60. The highest BCUT2D eigenvalue weighted by molar-refractivity contribution is 5.68. The van der Waals surface area contributed by atoms with Crippen molar-refractivity contribution in [3.05, 3.63) is 0 Å². The zero-order chi connectivity index (χ0) is 13.1. The molecule has 1 aliphatic rings. The molecule has 3 N–H and O–H groups in total. The summed E-state index contributed by atoms with van der Waals surface area (Å²) >= 11 is 0. The molecule has 0 spiro atoms. The van der Waals surface area contributed by atoms with Gasteiger partial charge in [-0.3, -0.25) is 0 Å². The summed E-state index contributed by atoms with van der Waals surface area (Å²) in [5, 5.41) is 2.86. The fourth-order valence-electron chi connectivity index (χ4n) is 2.04. The van der Waals surface area contributed by atoms with Crippen LogP contribution in [0.15, 0.2) is 0 Å². The molecule has 100 valence electrons. The van der Waals surface area contributed by atoms with Crippen LogP contribution in [0.1, 0.15) is 40.0 Å². The third-order valence-electron chi connectivity index (χ3n) is 2.84. The zero-order valence-corrected chi connectivity index (χ0v) is 11.2. The van der Waals surface area contributed by atoms with Crippen LogP contribution >= 0.6 is 0 Å². The maximum absolute atomic E-state index is 11.6. The molecule has 1 amide bonds. The third kappa shape index (κ3) is 4.91. The average molecular weight is 244 g/mol. The molecule has 0 aliphatic heterocycles. The lowest BCUT2D eigenvalue weighted by Gasteiger charge is -2.34. The number of rotatable bonds is 2. The highest BCUT2D eigenvalue weighted by Crippen LogP contribution is 2.20. The van der Waals surface area contributed by atoms with E-state index in [9.17, 15) is 4.79 Å². The zero-order valence-electron chi connectivity index (χ0n) is 11.2. The topological polar surface area (TPSA) is 73.6 Å². The maximum atomic E-state index is 11.6. The van der Waals surface area contributed by atoms with Crippen molar-refractivity contribution in [1.29, 1.82) is 0 Å². The van der Waals surface area contributed by atoms with E-state index in [0.29, 0.717) is 0 Å². The van der Waals surface area contributed by atoms with Gasteiger partial charge in [-0.15, -0.1) is 0 Å². The van der Waals surface area contributed by atoms with Crippen molar-refractivity contribution in [1.82, 2.24) is 5.32 Å². The summed E-state index contributed by atoms with van der Waals surface area (Å²) in [6.45, 7) is 5.53. The first-order chi connectivity index (χ1) is 7.81. The van der Waals surface area contributed by atoms with Gasteiger partial charge in [-0.05, 0) is 40.0 Å². The quantitative estimate of drug-likeness (QED) is 0.770. The SMILES string of the molecule is CO[C@@H]1C[C@H](N)CC[C@H]1NC(=O)OC(C)(C)C. The van der Waals surface area contributed by atoms with E-state index < -0.39 is 5.60 Å². The minimum Gasteiger partial charge on any atom is -0.444 e. The van der Waals surface area contributed by atoms with E-state index in [4.69, 9.17) is 15.2 Å². The van der Waals surface area contributed by atoms with Crippen LogP contribution in [0.2, 0.25) is 0 Å². The van der Waals surface area contributed by atoms with Crippen LogP contribution in [-0.4, -0.2) is 37.0 Å². The van der Waals surface area contributed by atoms with Gasteiger partial charge in [0.25, 0.3) is 0 Å². The smallest absolute Gasteiger partial charge is 0.407 e. The molecular weight excluding hydrogens is 220 g/mol. The summed E-state index contributed by atoms with van der Waals surface area (Å²) < 4.78 is 10.6. The molecule has 3 atom stereocenters. The van der Waals surface area contributed by atoms with Gasteiger partial charge in [-0.2, -0.15) is 0 Å². The van der Waals surface area contributed by atoms with E-state index in [2.05, 4.69) is 5.32 Å². The van der Waals surface area contributed by atoms with E-state index >= 15 is 0 Å². The van der Waals surface area contributed by atoms with Crippen molar-refractivity contribution < 1.29 is 14.3 Å². The monoisotopic (exact) mass is 244 g/mol. The van der Waals surface area contributed by atoms with Crippen molar-refractivity contribution in [2.24, 2.45) is 5.73 Å². The van der Waals surface area contributed by atoms with Crippen molar-refractivity contribution >= 4 is 6.09 Å². The molecule has 0 bridgehead atoms. The lowest BCUT2D eigenvalue weighted by atomic mass is 9.89. The second kappa shape index (κ2) is 5.69. The van der Waals surface area contributed by atoms with E-state index in [1.165, 1.54) is 0 Å². The molecule has 0 heterocycles. The number of carbonyl (C=O) groups is 1. The Labute approximate surface area is 103 Å². The number of alkyl carbamates (subject to hydrolysis) is 1. The average Bonchev–Trinajstić information content (AvgIpc) is 2.17. The van der Waals surface area contributed by atoms with Crippen molar-refractivity contribution in [3.8, 4) is 0 Å². The molecule has 1 saturated carbocycles. The van der Waals surface area contributed by atoms with Gasteiger partial charge in [0, 0.05) is 13.2 Å². The Bertz CT molecular complexity index is 263. The number of nitrogens with two attached hydrogens (primary N) is 1. The predicted molar refractivity (Wildman–Crippen MR) is 65.8 cm³/mol. The molecule has 1 rings (SSSR count). The maximum Gasteiger partial charge on any atom is 0.407 e. The van der Waals surface area contributed by atoms with Crippen LogP contribution in [-0.2, 0) is 9.47 Å². The summed E-state index contributed by atoms with van der Waals surface area (Å²) in [7, 11) is 1.65. The van der Waals surface area contributed by atoms with Gasteiger partial charge in [0.1, 0.15) is 5.60 Å². The van der Waals surface area contributed by atoms with Crippen molar-refractivity contribution in [2.45, 2.75) is 63.8 Å². The Morgan fingerprint density at radius 2 is 2.00 bits per heavy atom. The van der Waals surface area contributed by atoms with Crippen LogP contribution in [0.25, 0.3) is 0 Å². The first-order valence-electron chi connectivity index (χ1n) is 6.09. The van der Waals surface area contributed by atoms with Gasteiger partial charge < -0.3 is 20.5 Å². The fraction of sp³-hybridized carbons (Fsp3) is 0.917. The normalized spacial score (nSPS) is 29.8. The van der Waals surface area contributed by atoms with E-state index in [-0.39, 0.29) is 24.3 Å². The molecule has 17 heavy (non-hydrogen) atoms. The molecule has 0 radical (unpaired) electrons. The van der Waals surface area contributed by atoms with Gasteiger partial charge in [-0.1, -0.05) is 0 Å². The standard InChI is InChI=1S/C12H24N2O3/c1-12(2,3)17-11(15)14-9-6-5-8(13)7-10(9)16-4/h8-10H,5-7,13H2,1-4H3,(H,14,15)/t8-,9-,10-/m1/s1. The number of ether oxygens (including phenoxy) is 2. The van der Waals surface area contributed by atoms with Gasteiger partial charge in [0.05, 0.1) is 12.1 Å². The third-order valence-corrected chi connectivity index (χ3v) is 2.84. The van der Waals surface area contributed by atoms with Gasteiger partial charge in [0.15, 0.2) is 0 Å². The lowest BCUT2D eigenvalue weighted by Crippen LogP contribution is -2.51. The molecule has 0 aromatic rings. The highest BCUT2D eigenvalue weighted by Gasteiger charge is 2.31. The molecule has 5 heteroatoms. The summed E-state index contributed by atoms with van der Waals surface area (Å²) in [6.07, 6.45) is 2.10. The second-order valence-electron chi connectivity index (χ2n) is 5.60. The van der Waals surface area contributed by atoms with Gasteiger partial charge >= 0.3 is 6.09 Å². The summed E-state index contributed by atoms with van der Waals surface area (Å²) in [5.41, 5.74) is 5.40. The number of amides is 1. The number of methoxy groups -OCH3 is 1. The van der Waals surface area contributed by atoms with Crippen LogP contribution < -0.4 is 11.1 Å². The van der Waals surface area contributed by atoms with Crippen LogP contribution in [0, 0.1) is 0 Å². The van der Waals surface area contributed by atoms with Crippen LogP contribution in [0.5, 0.6) is 0 Å². The minimum atomic E-state index is -0.474. The number of hydrogen-bond donors (Lipinski definition) is 2. The fourth-order valence-corrected chi connectivity index (χ4v) is 2.04. The summed E-state index contributed by atoms with van der Waals surface area (Å²) in [6, 6.07) is 0.159. The largest absolute Gasteiger partial charge is 0.444 e. The molecule has 0 aromatic carbocycles. The van der Waals surface area contributed by atoms with Crippen molar-refractivity contribution in [3.63, 3.8) is 0 Å². The Morgan fingerprint density at radius 3 is 2.53 bits per heavy atom. The molecule has 1 aliphatic carbocycles. The first-order valence-corrected chi connectivity index (χ1v) is 6.09. The van der Waals surface area contributed by atoms with Crippen LogP contribution in [0.3, 0.4) is 0 Å². The van der Waals surface area contributed by atoms with E-state index in [1.54, 1.807) is 7.11 Å². The first kappa shape index (κ1) is 14.3. The summed E-state index contributed by atoms with van der Waals surface area (Å²) in [4.78, 5) is 11.6. The van der Waals surface area contributed by atoms with Gasteiger partial charge in [-0.25, -0.2) is 4.79 Å². The minimum absolute atomic E-state index is 0.00495. The summed E-state index contributed by atoms with van der Waals surface area (Å²) in [5.74, 6) is 0. The highest BCUT2D eigenvalue weighted by atomic mass is 16.6. The molecule has 0 unspecified atom stereocenters. The number of carbonyl (C=O) groups excluding carboxylic acids is 1. The van der Waals surface area contributed by atoms with Gasteiger partial charge in [0.2, 0.25) is 0 Å². The molecular formula is C12H24N2O3.